The largest absolute Gasteiger partial charge is 0.379 e. The molecule has 5 heteroatoms. The molecule has 1 fully saturated rings. The highest BCUT2D eigenvalue weighted by atomic mass is 16.5. The molecule has 0 bridgehead atoms. The Morgan fingerprint density at radius 2 is 2.71 bits per heavy atom. The van der Waals surface area contributed by atoms with Crippen LogP contribution in [-0.2, 0) is 11.8 Å². The lowest BCUT2D eigenvalue weighted by Gasteiger charge is -2.09. The van der Waals surface area contributed by atoms with Gasteiger partial charge in [0.25, 0.3) is 5.91 Å². The van der Waals surface area contributed by atoms with Gasteiger partial charge in [0.05, 0.1) is 18.8 Å². The van der Waals surface area contributed by atoms with Gasteiger partial charge >= 0.3 is 0 Å². The maximum absolute atomic E-state index is 11.6. The minimum Gasteiger partial charge on any atom is -0.379 e. The number of carbonyl (C=O) groups is 1. The first-order chi connectivity index (χ1) is 6.77. The highest BCUT2D eigenvalue weighted by Crippen LogP contribution is 2.04. The second-order valence-electron chi connectivity index (χ2n) is 3.30. The van der Waals surface area contributed by atoms with Crippen molar-refractivity contribution >= 4 is 5.91 Å². The lowest BCUT2D eigenvalue weighted by molar-refractivity contribution is 0.0920. The fourth-order valence-corrected chi connectivity index (χ4v) is 1.44. The van der Waals surface area contributed by atoms with E-state index in [1.165, 1.54) is 10.9 Å². The average Bonchev–Trinajstić information content (AvgIpc) is 2.75. The molecular formula is C9H12N3O2. The minimum absolute atomic E-state index is 0.130. The summed E-state index contributed by atoms with van der Waals surface area (Å²) < 4.78 is 6.66. The smallest absolute Gasteiger partial charge is 0.270 e. The summed E-state index contributed by atoms with van der Waals surface area (Å²) in [6.07, 6.45) is 2.36. The van der Waals surface area contributed by atoms with Crippen LogP contribution in [0, 0.1) is 6.07 Å². The van der Waals surface area contributed by atoms with Crippen LogP contribution >= 0.6 is 0 Å². The van der Waals surface area contributed by atoms with Crippen molar-refractivity contribution in [3.05, 3.63) is 18.0 Å². The van der Waals surface area contributed by atoms with Crippen LogP contribution in [0.15, 0.2) is 6.20 Å². The summed E-state index contributed by atoms with van der Waals surface area (Å²) in [4.78, 5) is 11.6. The number of hydrogen-bond donors (Lipinski definition) is 1. The molecule has 1 radical (unpaired) electrons. The monoisotopic (exact) mass is 194 g/mol. The van der Waals surface area contributed by atoms with E-state index >= 15 is 0 Å². The first kappa shape index (κ1) is 9.21. The summed E-state index contributed by atoms with van der Waals surface area (Å²) in [5.41, 5.74) is 0.455. The number of rotatable bonds is 2. The number of aryl methyl sites for hydroxylation is 1. The van der Waals surface area contributed by atoms with Gasteiger partial charge in [-0.3, -0.25) is 9.48 Å². The number of nitrogens with zero attached hydrogens (tertiary/aromatic N) is 2. The van der Waals surface area contributed by atoms with Gasteiger partial charge in [0.15, 0.2) is 0 Å². The SMILES string of the molecule is Cn1nc[c]c1C(=O)N[C@H]1CCOC1. The second-order valence-corrected chi connectivity index (χ2v) is 3.30. The first-order valence-electron chi connectivity index (χ1n) is 4.55. The number of carbonyl (C=O) groups excluding carboxylic acids is 1. The summed E-state index contributed by atoms with van der Waals surface area (Å²) in [6.45, 7) is 1.32. The van der Waals surface area contributed by atoms with Crippen molar-refractivity contribution in [2.24, 2.45) is 7.05 Å². The third-order valence-corrected chi connectivity index (χ3v) is 2.24. The van der Waals surface area contributed by atoms with E-state index in [0.717, 1.165) is 13.0 Å². The van der Waals surface area contributed by atoms with Gasteiger partial charge in [0.1, 0.15) is 5.69 Å². The molecule has 1 N–H and O–H groups in total. The Morgan fingerprint density at radius 3 is 3.29 bits per heavy atom. The van der Waals surface area contributed by atoms with E-state index in [0.29, 0.717) is 12.3 Å². The van der Waals surface area contributed by atoms with Crippen molar-refractivity contribution < 1.29 is 9.53 Å². The molecule has 1 saturated heterocycles. The molecule has 1 amide bonds. The van der Waals surface area contributed by atoms with Crippen LogP contribution < -0.4 is 5.32 Å². The van der Waals surface area contributed by atoms with Crippen LogP contribution in [0.2, 0.25) is 0 Å². The molecule has 0 spiro atoms. The van der Waals surface area contributed by atoms with Crippen molar-refractivity contribution in [3.8, 4) is 0 Å². The molecule has 5 nitrogen and oxygen atoms in total. The lowest BCUT2D eigenvalue weighted by atomic mass is 10.2. The molecular weight excluding hydrogens is 182 g/mol. The molecule has 0 aliphatic carbocycles. The Kier molecular flexibility index (Phi) is 2.49. The topological polar surface area (TPSA) is 56.2 Å². The highest BCUT2D eigenvalue weighted by molar-refractivity contribution is 5.92. The number of amides is 1. The van der Waals surface area contributed by atoms with Crippen molar-refractivity contribution in [2.45, 2.75) is 12.5 Å². The summed E-state index contributed by atoms with van der Waals surface area (Å²) in [6, 6.07) is 2.91. The molecule has 0 saturated carbocycles. The van der Waals surface area contributed by atoms with Gasteiger partial charge in [-0.15, -0.1) is 0 Å². The standard InChI is InChI=1S/C9H12N3O2/c1-12-8(2-4-10-12)9(13)11-7-3-5-14-6-7/h4,7H,3,5-6H2,1H3,(H,11,13)/t7-/m0/s1. The lowest BCUT2D eigenvalue weighted by Crippen LogP contribution is -2.36. The number of aromatic nitrogens is 2. The van der Waals surface area contributed by atoms with Crippen LogP contribution in [-0.4, -0.2) is 34.9 Å². The van der Waals surface area contributed by atoms with Crippen molar-refractivity contribution in [1.82, 2.24) is 15.1 Å². The fourth-order valence-electron chi connectivity index (χ4n) is 1.44. The van der Waals surface area contributed by atoms with Gasteiger partial charge in [0.2, 0.25) is 0 Å². The molecule has 75 valence electrons. The minimum atomic E-state index is -0.138. The van der Waals surface area contributed by atoms with E-state index in [1.807, 2.05) is 0 Å². The second kappa shape index (κ2) is 3.79. The zero-order valence-electron chi connectivity index (χ0n) is 7.99. The van der Waals surface area contributed by atoms with Crippen LogP contribution in [0.4, 0.5) is 0 Å². The molecule has 1 aliphatic heterocycles. The molecule has 1 aliphatic rings. The van der Waals surface area contributed by atoms with Crippen molar-refractivity contribution in [3.63, 3.8) is 0 Å². The zero-order valence-corrected chi connectivity index (χ0v) is 7.99. The van der Waals surface area contributed by atoms with Gasteiger partial charge in [0, 0.05) is 19.7 Å². The molecule has 0 unspecified atom stereocenters. The van der Waals surface area contributed by atoms with Crippen LogP contribution in [0.3, 0.4) is 0 Å². The van der Waals surface area contributed by atoms with E-state index in [9.17, 15) is 4.79 Å². The van der Waals surface area contributed by atoms with E-state index in [1.54, 1.807) is 7.05 Å². The van der Waals surface area contributed by atoms with Crippen molar-refractivity contribution in [1.29, 1.82) is 0 Å². The summed E-state index contributed by atoms with van der Waals surface area (Å²) in [7, 11) is 1.72. The van der Waals surface area contributed by atoms with Gasteiger partial charge < -0.3 is 10.1 Å². The normalized spacial score (nSPS) is 21.1. The Labute approximate surface area is 82.0 Å². The highest BCUT2D eigenvalue weighted by Gasteiger charge is 2.19. The third kappa shape index (κ3) is 1.77. The molecule has 1 aromatic heterocycles. The Hall–Kier alpha value is -1.36. The van der Waals surface area contributed by atoms with Crippen LogP contribution in [0.1, 0.15) is 16.9 Å². The Morgan fingerprint density at radius 1 is 1.86 bits per heavy atom. The Balaban J connectivity index is 1.98. The van der Waals surface area contributed by atoms with Crippen molar-refractivity contribution in [2.75, 3.05) is 13.2 Å². The number of hydrogen-bond acceptors (Lipinski definition) is 3. The number of ether oxygens (including phenoxy) is 1. The van der Waals surface area contributed by atoms with Crippen LogP contribution in [0.5, 0.6) is 0 Å². The van der Waals surface area contributed by atoms with Gasteiger partial charge in [-0.1, -0.05) is 0 Å². The zero-order chi connectivity index (χ0) is 9.97. The van der Waals surface area contributed by atoms with E-state index in [-0.39, 0.29) is 11.9 Å². The first-order valence-corrected chi connectivity index (χ1v) is 4.55. The molecule has 14 heavy (non-hydrogen) atoms. The molecule has 2 rings (SSSR count). The average molecular weight is 194 g/mol. The van der Waals surface area contributed by atoms with Gasteiger partial charge in [-0.25, -0.2) is 0 Å². The van der Waals surface area contributed by atoms with E-state index in [4.69, 9.17) is 4.74 Å². The third-order valence-electron chi connectivity index (χ3n) is 2.24. The molecule has 2 heterocycles. The molecule has 1 atom stereocenters. The maximum atomic E-state index is 11.6. The van der Waals surface area contributed by atoms with Gasteiger partial charge in [-0.2, -0.15) is 5.10 Å². The van der Waals surface area contributed by atoms with E-state index < -0.39 is 0 Å². The predicted molar refractivity (Wildman–Crippen MR) is 48.7 cm³/mol. The fraction of sp³-hybridized carbons (Fsp3) is 0.556. The predicted octanol–water partition coefficient (Wildman–Crippen LogP) is -0.261. The number of nitrogens with one attached hydrogen (secondary N) is 1. The summed E-state index contributed by atoms with van der Waals surface area (Å²) in [5, 5.41) is 6.75. The molecule has 1 aromatic rings. The molecule has 0 aromatic carbocycles. The summed E-state index contributed by atoms with van der Waals surface area (Å²) in [5.74, 6) is -0.138. The summed E-state index contributed by atoms with van der Waals surface area (Å²) >= 11 is 0. The quantitative estimate of drug-likeness (QED) is 0.705. The Bertz CT molecular complexity index is 329. The van der Waals surface area contributed by atoms with Gasteiger partial charge in [-0.05, 0) is 6.42 Å². The maximum Gasteiger partial charge on any atom is 0.270 e. The van der Waals surface area contributed by atoms with Crippen LogP contribution in [0.25, 0.3) is 0 Å². The van der Waals surface area contributed by atoms with E-state index in [2.05, 4.69) is 16.5 Å².